The highest BCUT2D eigenvalue weighted by Gasteiger charge is 2.48. The molecule has 0 fully saturated rings. The SMILES string of the molecule is CCOC(=O)[C@H]1C(=O)C2=C(C[C@H]1c1ccco1)NC(=O)C[C@H]2c1ccccc1F. The summed E-state index contributed by atoms with van der Waals surface area (Å²) >= 11 is 0. The molecule has 1 aliphatic heterocycles. The Labute approximate surface area is 166 Å². The minimum absolute atomic E-state index is 0.0630. The lowest BCUT2D eigenvalue weighted by Gasteiger charge is -2.37. The standard InChI is InChI=1S/C22H20FNO5/c1-2-28-22(27)20-14(17-8-5-9-29-17)10-16-19(21(20)26)13(11-18(25)24-16)12-6-3-4-7-15(12)23/h3-9,13-14,20H,2,10-11H2,1H3,(H,24,25)/t13-,14-,20+/m0/s1. The van der Waals surface area contributed by atoms with Crippen LogP contribution in [0, 0.1) is 11.7 Å². The van der Waals surface area contributed by atoms with Gasteiger partial charge in [-0.2, -0.15) is 0 Å². The van der Waals surface area contributed by atoms with Crippen molar-refractivity contribution in [1.29, 1.82) is 0 Å². The molecule has 0 unspecified atom stereocenters. The Morgan fingerprint density at radius 1 is 1.21 bits per heavy atom. The first kappa shape index (κ1) is 19.1. The highest BCUT2D eigenvalue weighted by atomic mass is 19.1. The maximum absolute atomic E-state index is 14.5. The largest absolute Gasteiger partial charge is 0.469 e. The number of esters is 1. The molecular weight excluding hydrogens is 377 g/mol. The van der Waals surface area contributed by atoms with Gasteiger partial charge in [0.2, 0.25) is 5.91 Å². The van der Waals surface area contributed by atoms with Crippen molar-refractivity contribution in [3.05, 3.63) is 71.1 Å². The molecule has 0 bridgehead atoms. The van der Waals surface area contributed by atoms with E-state index in [0.717, 1.165) is 0 Å². The van der Waals surface area contributed by atoms with Crippen molar-refractivity contribution in [2.24, 2.45) is 5.92 Å². The molecule has 1 N–H and O–H groups in total. The number of allylic oxidation sites excluding steroid dienone is 2. The van der Waals surface area contributed by atoms with Crippen LogP contribution in [0.25, 0.3) is 0 Å². The Morgan fingerprint density at radius 2 is 2.00 bits per heavy atom. The number of furan rings is 1. The first-order valence-electron chi connectivity index (χ1n) is 9.52. The van der Waals surface area contributed by atoms with Gasteiger partial charge < -0.3 is 14.5 Å². The highest BCUT2D eigenvalue weighted by Crippen LogP contribution is 2.46. The molecule has 2 aromatic rings. The van der Waals surface area contributed by atoms with Crippen LogP contribution >= 0.6 is 0 Å². The van der Waals surface area contributed by atoms with Crippen molar-refractivity contribution >= 4 is 17.7 Å². The first-order chi connectivity index (χ1) is 14.0. The number of hydrogen-bond acceptors (Lipinski definition) is 5. The van der Waals surface area contributed by atoms with Crippen LogP contribution in [0.4, 0.5) is 4.39 Å². The van der Waals surface area contributed by atoms with E-state index in [4.69, 9.17) is 9.15 Å². The van der Waals surface area contributed by atoms with E-state index in [9.17, 15) is 18.8 Å². The number of ketones is 1. The maximum atomic E-state index is 14.5. The number of benzene rings is 1. The highest BCUT2D eigenvalue weighted by molar-refractivity contribution is 6.12. The predicted octanol–water partition coefficient (Wildman–Crippen LogP) is 3.21. The molecule has 0 saturated carbocycles. The van der Waals surface area contributed by atoms with Crippen LogP contribution < -0.4 is 5.32 Å². The molecule has 29 heavy (non-hydrogen) atoms. The van der Waals surface area contributed by atoms with Crippen LogP contribution in [-0.4, -0.2) is 24.3 Å². The van der Waals surface area contributed by atoms with Gasteiger partial charge in [-0.15, -0.1) is 0 Å². The van der Waals surface area contributed by atoms with Crippen LogP contribution in [0.15, 0.2) is 58.3 Å². The number of rotatable bonds is 4. The molecule has 3 atom stereocenters. The van der Waals surface area contributed by atoms with Gasteiger partial charge in [0, 0.05) is 29.5 Å². The van der Waals surface area contributed by atoms with E-state index < -0.39 is 35.3 Å². The Kier molecular flexibility index (Phi) is 5.05. The third kappa shape index (κ3) is 3.37. The number of nitrogens with one attached hydrogen (secondary N) is 1. The summed E-state index contributed by atoms with van der Waals surface area (Å²) in [5.74, 6) is -3.88. The van der Waals surface area contributed by atoms with Crippen molar-refractivity contribution in [3.63, 3.8) is 0 Å². The number of amides is 1. The fraction of sp³-hybridized carbons (Fsp3) is 0.318. The van der Waals surface area contributed by atoms with Crippen molar-refractivity contribution < 1.29 is 27.9 Å². The van der Waals surface area contributed by atoms with Gasteiger partial charge in [-0.25, -0.2) is 4.39 Å². The molecule has 0 saturated heterocycles. The van der Waals surface area contributed by atoms with Gasteiger partial charge in [0.15, 0.2) is 5.78 Å². The van der Waals surface area contributed by atoms with Crippen LogP contribution in [0.1, 0.15) is 42.9 Å². The van der Waals surface area contributed by atoms with Crippen LogP contribution in [0.2, 0.25) is 0 Å². The third-order valence-corrected chi connectivity index (χ3v) is 5.46. The quantitative estimate of drug-likeness (QED) is 0.633. The summed E-state index contributed by atoms with van der Waals surface area (Å²) in [6.45, 7) is 1.80. The molecule has 2 heterocycles. The molecule has 4 rings (SSSR count). The molecular formula is C22H20FNO5. The summed E-state index contributed by atoms with van der Waals surface area (Å²) in [5, 5.41) is 2.75. The molecule has 1 aliphatic carbocycles. The zero-order valence-corrected chi connectivity index (χ0v) is 15.8. The molecule has 0 radical (unpaired) electrons. The van der Waals surface area contributed by atoms with Gasteiger partial charge in [-0.05, 0) is 37.1 Å². The minimum atomic E-state index is -1.11. The van der Waals surface area contributed by atoms with E-state index in [-0.39, 0.29) is 36.5 Å². The van der Waals surface area contributed by atoms with Crippen LogP contribution in [0.3, 0.4) is 0 Å². The van der Waals surface area contributed by atoms with Gasteiger partial charge in [0.1, 0.15) is 17.5 Å². The second-order valence-electron chi connectivity index (χ2n) is 7.14. The van der Waals surface area contributed by atoms with E-state index in [1.807, 2.05) is 0 Å². The zero-order chi connectivity index (χ0) is 20.5. The normalized spacial score (nSPS) is 24.1. The van der Waals surface area contributed by atoms with Crippen molar-refractivity contribution in [3.8, 4) is 0 Å². The molecule has 0 spiro atoms. The fourth-order valence-corrected chi connectivity index (χ4v) is 4.25. The van der Waals surface area contributed by atoms with E-state index >= 15 is 0 Å². The van der Waals surface area contributed by atoms with Crippen LogP contribution in [0.5, 0.6) is 0 Å². The summed E-state index contributed by atoms with van der Waals surface area (Å²) in [6.07, 6.45) is 1.62. The number of halogens is 1. The average molecular weight is 397 g/mol. The number of carbonyl (C=O) groups excluding carboxylic acids is 3. The van der Waals surface area contributed by atoms with Gasteiger partial charge in [-0.3, -0.25) is 14.4 Å². The molecule has 1 aromatic carbocycles. The monoisotopic (exact) mass is 397 g/mol. The fourth-order valence-electron chi connectivity index (χ4n) is 4.25. The van der Waals surface area contributed by atoms with E-state index in [1.165, 1.54) is 12.3 Å². The Balaban J connectivity index is 1.83. The average Bonchev–Trinajstić information content (AvgIpc) is 3.22. The molecule has 2 aliphatic rings. The third-order valence-electron chi connectivity index (χ3n) is 5.46. The van der Waals surface area contributed by atoms with E-state index in [2.05, 4.69) is 5.32 Å². The number of Topliss-reactive ketones (excluding diaryl/α,β-unsaturated/α-hetero) is 1. The molecule has 150 valence electrons. The molecule has 6 nitrogen and oxygen atoms in total. The second kappa shape index (κ2) is 7.66. The lowest BCUT2D eigenvalue weighted by Crippen LogP contribution is -2.44. The summed E-state index contributed by atoms with van der Waals surface area (Å²) in [5.41, 5.74) is 0.958. The Morgan fingerprint density at radius 3 is 2.69 bits per heavy atom. The van der Waals surface area contributed by atoms with Gasteiger partial charge in [0.05, 0.1) is 12.9 Å². The maximum Gasteiger partial charge on any atom is 0.317 e. The first-order valence-corrected chi connectivity index (χ1v) is 9.52. The number of carbonyl (C=O) groups is 3. The van der Waals surface area contributed by atoms with E-state index in [0.29, 0.717) is 11.5 Å². The number of ether oxygens (including phenoxy) is 1. The lowest BCUT2D eigenvalue weighted by molar-refractivity contribution is -0.152. The van der Waals surface area contributed by atoms with Crippen molar-refractivity contribution in [2.75, 3.05) is 6.61 Å². The zero-order valence-electron chi connectivity index (χ0n) is 15.8. The molecule has 1 amide bonds. The van der Waals surface area contributed by atoms with Crippen molar-refractivity contribution in [2.45, 2.75) is 31.6 Å². The topological polar surface area (TPSA) is 85.6 Å². The van der Waals surface area contributed by atoms with Crippen LogP contribution in [-0.2, 0) is 19.1 Å². The van der Waals surface area contributed by atoms with Gasteiger partial charge in [-0.1, -0.05) is 18.2 Å². The summed E-state index contributed by atoms with van der Waals surface area (Å²) in [4.78, 5) is 38.5. The van der Waals surface area contributed by atoms with Crippen molar-refractivity contribution in [1.82, 2.24) is 5.32 Å². The summed E-state index contributed by atoms with van der Waals surface area (Å²) < 4.78 is 25.1. The molecule has 7 heteroatoms. The van der Waals surface area contributed by atoms with Gasteiger partial charge in [0.25, 0.3) is 0 Å². The number of hydrogen-bond donors (Lipinski definition) is 1. The summed E-state index contributed by atoms with van der Waals surface area (Å²) in [6, 6.07) is 9.43. The smallest absolute Gasteiger partial charge is 0.317 e. The second-order valence-corrected chi connectivity index (χ2v) is 7.14. The molecule has 1 aromatic heterocycles. The Bertz CT molecular complexity index is 994. The minimum Gasteiger partial charge on any atom is -0.469 e. The Hall–Kier alpha value is -3.22. The lowest BCUT2D eigenvalue weighted by atomic mass is 9.69. The van der Waals surface area contributed by atoms with Gasteiger partial charge >= 0.3 is 5.97 Å². The van der Waals surface area contributed by atoms with E-state index in [1.54, 1.807) is 37.3 Å². The summed E-state index contributed by atoms with van der Waals surface area (Å²) in [7, 11) is 0. The predicted molar refractivity (Wildman–Crippen MR) is 100 cm³/mol.